The van der Waals surface area contributed by atoms with Crippen molar-refractivity contribution in [2.45, 2.75) is 37.7 Å². The van der Waals surface area contributed by atoms with Crippen LogP contribution in [0.25, 0.3) is 0 Å². The van der Waals surface area contributed by atoms with Crippen molar-refractivity contribution in [3.63, 3.8) is 0 Å². The Morgan fingerprint density at radius 3 is 2.59 bits per heavy atom. The molecule has 0 bridgehead atoms. The van der Waals surface area contributed by atoms with Crippen molar-refractivity contribution < 1.29 is 19.1 Å². The Morgan fingerprint density at radius 2 is 1.93 bits per heavy atom. The number of hydrogen-bond acceptors (Lipinski definition) is 7. The molecule has 3 atom stereocenters. The van der Waals surface area contributed by atoms with Gasteiger partial charge in [-0.05, 0) is 18.7 Å². The zero-order chi connectivity index (χ0) is 20.1. The van der Waals surface area contributed by atoms with Gasteiger partial charge in [-0.25, -0.2) is 4.79 Å². The average Bonchev–Trinajstić information content (AvgIpc) is 2.95. The Kier molecular flexibility index (Phi) is 9.38. The van der Waals surface area contributed by atoms with Crippen LogP contribution in [0.4, 0.5) is 0 Å². The summed E-state index contributed by atoms with van der Waals surface area (Å²) >= 11 is 1.12. The highest BCUT2D eigenvalue weighted by Crippen LogP contribution is 2.40. The smallest absolute Gasteiger partial charge is 0.332 e. The summed E-state index contributed by atoms with van der Waals surface area (Å²) in [5.74, 6) is -0.560. The van der Waals surface area contributed by atoms with E-state index in [9.17, 15) is 14.4 Å². The molecule has 2 aliphatic rings. The number of carbonyl (C=O) groups excluding carboxylic acids is 3. The maximum Gasteiger partial charge on any atom is 0.332 e. The summed E-state index contributed by atoms with van der Waals surface area (Å²) in [6.07, 6.45) is 0.305. The molecule has 7 nitrogen and oxygen atoms in total. The van der Waals surface area contributed by atoms with E-state index in [0.29, 0.717) is 19.5 Å². The normalized spacial score (nSPS) is 23.1. The van der Waals surface area contributed by atoms with E-state index in [-0.39, 0.29) is 53.0 Å². The largest absolute Gasteiger partial charge is 0.463 e. The van der Waals surface area contributed by atoms with E-state index >= 15 is 0 Å². The number of thioether (sulfide) groups is 1. The van der Waals surface area contributed by atoms with Crippen LogP contribution in [-0.2, 0) is 25.5 Å². The standard InChI is InChI=1S/C20H27N3O4S.HI/c1-3-22(4-2)10-11-27-19(25)17-20(26)28-18-15(13-23(17)18)21-16(24)12-14-8-6-5-7-9-14;/h5-9,15,17-18H,3-4,10-13H2,1-2H3,(H,21,24);1H. The Balaban J connectivity index is 0.00000300. The molecule has 160 valence electrons. The fourth-order valence-electron chi connectivity index (χ4n) is 3.52. The molecule has 1 aromatic rings. The number of nitrogens with zero attached hydrogens (tertiary/aromatic N) is 2. The lowest BCUT2D eigenvalue weighted by atomic mass is 10.0. The van der Waals surface area contributed by atoms with Gasteiger partial charge in [0.05, 0.1) is 17.8 Å². The highest BCUT2D eigenvalue weighted by atomic mass is 127. The van der Waals surface area contributed by atoms with E-state index in [1.54, 1.807) is 0 Å². The van der Waals surface area contributed by atoms with Gasteiger partial charge < -0.3 is 15.0 Å². The first-order valence-corrected chi connectivity index (χ1v) is 10.6. The van der Waals surface area contributed by atoms with Crippen LogP contribution >= 0.6 is 35.7 Å². The van der Waals surface area contributed by atoms with Crippen molar-refractivity contribution in [2.75, 3.05) is 32.8 Å². The SMILES string of the molecule is CCN(CC)CCOC(=O)C1C(=O)SC2C(NC(=O)Cc3ccccc3)CN12.I. The van der Waals surface area contributed by atoms with Gasteiger partial charge in [0.1, 0.15) is 6.61 Å². The Hall–Kier alpha value is -1.17. The van der Waals surface area contributed by atoms with Crippen molar-refractivity contribution in [2.24, 2.45) is 0 Å². The minimum absolute atomic E-state index is 0. The number of carbonyl (C=O) groups is 3. The first-order chi connectivity index (χ1) is 13.5. The van der Waals surface area contributed by atoms with Gasteiger partial charge in [0.25, 0.3) is 0 Å². The number of esters is 1. The third kappa shape index (κ3) is 5.93. The monoisotopic (exact) mass is 533 g/mol. The van der Waals surface area contributed by atoms with E-state index in [2.05, 4.69) is 24.1 Å². The maximum atomic E-state index is 12.4. The molecule has 0 saturated carbocycles. The van der Waals surface area contributed by atoms with Crippen LogP contribution in [0.3, 0.4) is 0 Å². The lowest BCUT2D eigenvalue weighted by molar-refractivity contribution is -0.154. The summed E-state index contributed by atoms with van der Waals surface area (Å²) in [5, 5.41) is 2.59. The average molecular weight is 533 g/mol. The van der Waals surface area contributed by atoms with E-state index in [1.807, 2.05) is 35.2 Å². The summed E-state index contributed by atoms with van der Waals surface area (Å²) in [7, 11) is 0. The summed E-state index contributed by atoms with van der Waals surface area (Å²) in [6, 6.07) is 8.54. The minimum Gasteiger partial charge on any atom is -0.463 e. The van der Waals surface area contributed by atoms with Crippen LogP contribution in [-0.4, -0.2) is 77.0 Å². The topological polar surface area (TPSA) is 79.0 Å². The number of ether oxygens (including phenoxy) is 1. The molecule has 1 N–H and O–H groups in total. The highest BCUT2D eigenvalue weighted by molar-refractivity contribution is 14.0. The molecule has 0 aromatic heterocycles. The summed E-state index contributed by atoms with van der Waals surface area (Å²) < 4.78 is 5.33. The lowest BCUT2D eigenvalue weighted by Crippen LogP contribution is -2.66. The molecule has 3 unspecified atom stereocenters. The molecule has 2 fully saturated rings. The maximum absolute atomic E-state index is 12.4. The second-order valence-electron chi connectivity index (χ2n) is 6.96. The predicted octanol–water partition coefficient (Wildman–Crippen LogP) is 1.50. The van der Waals surface area contributed by atoms with Gasteiger partial charge in [0.2, 0.25) is 11.0 Å². The second-order valence-corrected chi connectivity index (χ2v) is 8.08. The predicted molar refractivity (Wildman–Crippen MR) is 123 cm³/mol. The molecule has 3 rings (SSSR count). The van der Waals surface area contributed by atoms with Crippen LogP contribution in [0.2, 0.25) is 0 Å². The number of amides is 1. The Labute approximate surface area is 192 Å². The van der Waals surface area contributed by atoms with Gasteiger partial charge >= 0.3 is 5.97 Å². The Bertz CT molecular complexity index is 717. The fourth-order valence-corrected chi connectivity index (χ4v) is 4.78. The third-order valence-electron chi connectivity index (χ3n) is 5.19. The van der Waals surface area contributed by atoms with Gasteiger partial charge in [0.15, 0.2) is 6.04 Å². The number of fused-ring (bicyclic) bond motifs is 1. The number of hydrogen-bond donors (Lipinski definition) is 1. The van der Waals surface area contributed by atoms with Crippen LogP contribution < -0.4 is 5.32 Å². The van der Waals surface area contributed by atoms with Gasteiger partial charge in [-0.15, -0.1) is 24.0 Å². The number of rotatable bonds is 9. The quantitative estimate of drug-likeness (QED) is 0.293. The molecule has 1 amide bonds. The molecular formula is C20H28IN3O4S. The molecular weight excluding hydrogens is 505 g/mol. The third-order valence-corrected chi connectivity index (χ3v) is 6.49. The lowest BCUT2D eigenvalue weighted by Gasteiger charge is -2.43. The van der Waals surface area contributed by atoms with Gasteiger partial charge in [-0.2, -0.15) is 0 Å². The van der Waals surface area contributed by atoms with Gasteiger partial charge in [-0.3, -0.25) is 14.5 Å². The molecule has 2 saturated heterocycles. The molecule has 9 heteroatoms. The van der Waals surface area contributed by atoms with E-state index in [4.69, 9.17) is 4.74 Å². The van der Waals surface area contributed by atoms with E-state index in [0.717, 1.165) is 30.4 Å². The molecule has 2 heterocycles. The van der Waals surface area contributed by atoms with Crippen molar-refractivity contribution >= 4 is 52.7 Å². The molecule has 0 spiro atoms. The zero-order valence-corrected chi connectivity index (χ0v) is 19.9. The number of nitrogens with one attached hydrogen (secondary N) is 1. The van der Waals surface area contributed by atoms with E-state index in [1.165, 1.54) is 0 Å². The summed E-state index contributed by atoms with van der Waals surface area (Å²) in [4.78, 5) is 40.9. The summed E-state index contributed by atoms with van der Waals surface area (Å²) in [6.45, 7) is 7.33. The molecule has 29 heavy (non-hydrogen) atoms. The fraction of sp³-hybridized carbons (Fsp3) is 0.550. The second kappa shape index (κ2) is 11.3. The molecule has 2 aliphatic heterocycles. The number of likely N-dealkylation sites (N-methyl/N-ethyl adjacent to an activating group) is 1. The number of benzene rings is 1. The van der Waals surface area contributed by atoms with Crippen LogP contribution in [0.1, 0.15) is 19.4 Å². The van der Waals surface area contributed by atoms with Crippen LogP contribution in [0.15, 0.2) is 30.3 Å². The van der Waals surface area contributed by atoms with Crippen molar-refractivity contribution in [3.8, 4) is 0 Å². The van der Waals surface area contributed by atoms with Crippen LogP contribution in [0, 0.1) is 0 Å². The first-order valence-electron chi connectivity index (χ1n) is 9.72. The summed E-state index contributed by atoms with van der Waals surface area (Å²) in [5.41, 5.74) is 0.945. The molecule has 0 radical (unpaired) electrons. The molecule has 0 aliphatic carbocycles. The van der Waals surface area contributed by atoms with Crippen molar-refractivity contribution in [1.29, 1.82) is 0 Å². The van der Waals surface area contributed by atoms with Gasteiger partial charge in [-0.1, -0.05) is 55.9 Å². The van der Waals surface area contributed by atoms with Crippen LogP contribution in [0.5, 0.6) is 0 Å². The Morgan fingerprint density at radius 1 is 1.24 bits per heavy atom. The highest BCUT2D eigenvalue weighted by Gasteiger charge is 2.56. The zero-order valence-electron chi connectivity index (χ0n) is 16.7. The van der Waals surface area contributed by atoms with E-state index < -0.39 is 12.0 Å². The van der Waals surface area contributed by atoms with Gasteiger partial charge in [0, 0.05) is 13.1 Å². The minimum atomic E-state index is -0.853. The van der Waals surface area contributed by atoms with Crippen molar-refractivity contribution in [1.82, 2.24) is 15.1 Å². The molecule has 1 aromatic carbocycles. The number of halogens is 1. The first kappa shape index (κ1) is 24.1. The van der Waals surface area contributed by atoms with Crippen molar-refractivity contribution in [3.05, 3.63) is 35.9 Å².